The predicted octanol–water partition coefficient (Wildman–Crippen LogP) is 6.54. The van der Waals surface area contributed by atoms with Crippen molar-refractivity contribution in [3.05, 3.63) is 81.5 Å². The molecular weight excluding hydrogens is 623 g/mol. The third-order valence-electron chi connectivity index (χ3n) is 8.94. The molecule has 0 unspecified atom stereocenters. The van der Waals surface area contributed by atoms with E-state index in [1.165, 1.54) is 5.56 Å². The molecule has 1 atom stereocenters. The first-order valence-electron chi connectivity index (χ1n) is 15.6. The molecule has 1 aliphatic heterocycles. The van der Waals surface area contributed by atoms with Crippen molar-refractivity contribution in [1.29, 1.82) is 0 Å². The minimum absolute atomic E-state index is 0.272. The number of halogens is 2. The van der Waals surface area contributed by atoms with E-state index in [0.29, 0.717) is 46.9 Å². The SMILES string of the molecule is COc1cc(-c2nccc(-c3cccc(-c4ccc(CN[C@H]5C[C@@](C)(O)C5)c(OC)n4)c3Cl)c2Cl)cc2c1CN(C[C@H](C)O)CC2. The second kappa shape index (κ2) is 13.5. The van der Waals surface area contributed by atoms with Crippen LogP contribution in [-0.2, 0) is 19.5 Å². The zero-order valence-electron chi connectivity index (χ0n) is 26.6. The number of fused-ring (bicyclic) bond motifs is 1. The summed E-state index contributed by atoms with van der Waals surface area (Å²) in [5.74, 6) is 1.31. The number of pyridine rings is 2. The van der Waals surface area contributed by atoms with Crippen molar-refractivity contribution >= 4 is 23.2 Å². The number of rotatable bonds is 10. The zero-order valence-corrected chi connectivity index (χ0v) is 28.1. The number of ether oxygens (including phenoxy) is 2. The molecule has 10 heteroatoms. The summed E-state index contributed by atoms with van der Waals surface area (Å²) in [5, 5.41) is 24.4. The van der Waals surface area contributed by atoms with Gasteiger partial charge in [-0.05, 0) is 62.9 Å². The van der Waals surface area contributed by atoms with Crippen LogP contribution < -0.4 is 14.8 Å². The van der Waals surface area contributed by atoms with E-state index in [1.54, 1.807) is 20.4 Å². The van der Waals surface area contributed by atoms with Crippen LogP contribution in [0.15, 0.2) is 54.7 Å². The summed E-state index contributed by atoms with van der Waals surface area (Å²) in [5.41, 5.74) is 7.19. The lowest BCUT2D eigenvalue weighted by Gasteiger charge is -2.41. The predicted molar refractivity (Wildman–Crippen MR) is 183 cm³/mol. The Morgan fingerprint density at radius 3 is 2.52 bits per heavy atom. The zero-order chi connectivity index (χ0) is 32.6. The molecule has 46 heavy (non-hydrogen) atoms. The first-order chi connectivity index (χ1) is 22.1. The lowest BCUT2D eigenvalue weighted by Crippen LogP contribution is -2.51. The molecule has 0 amide bonds. The normalized spacial score (nSPS) is 20.1. The highest BCUT2D eigenvalue weighted by Gasteiger charge is 2.38. The molecule has 1 saturated carbocycles. The lowest BCUT2D eigenvalue weighted by molar-refractivity contribution is -0.0393. The Morgan fingerprint density at radius 2 is 1.80 bits per heavy atom. The van der Waals surface area contributed by atoms with Crippen molar-refractivity contribution in [2.45, 2.75) is 63.9 Å². The van der Waals surface area contributed by atoms with E-state index < -0.39 is 5.60 Å². The summed E-state index contributed by atoms with van der Waals surface area (Å²) in [6, 6.07) is 16.1. The molecule has 242 valence electrons. The summed E-state index contributed by atoms with van der Waals surface area (Å²) in [4.78, 5) is 11.7. The number of aliphatic hydroxyl groups excluding tert-OH is 1. The quantitative estimate of drug-likeness (QED) is 0.176. The number of aromatic nitrogens is 2. The lowest BCUT2D eigenvalue weighted by atomic mass is 9.77. The Kier molecular flexibility index (Phi) is 9.57. The number of β-amino-alcohol motifs (C(OH)–C–C–N with tert-alkyl or cyclic N) is 1. The highest BCUT2D eigenvalue weighted by Crippen LogP contribution is 2.43. The van der Waals surface area contributed by atoms with Crippen LogP contribution in [0.25, 0.3) is 33.6 Å². The van der Waals surface area contributed by atoms with Gasteiger partial charge in [0.15, 0.2) is 0 Å². The number of nitrogens with zero attached hydrogens (tertiary/aromatic N) is 3. The van der Waals surface area contributed by atoms with Crippen LogP contribution in [0, 0.1) is 0 Å². The van der Waals surface area contributed by atoms with Gasteiger partial charge in [-0.15, -0.1) is 0 Å². The van der Waals surface area contributed by atoms with Crippen molar-refractivity contribution in [3.63, 3.8) is 0 Å². The molecule has 2 aromatic carbocycles. The average Bonchev–Trinajstić information content (AvgIpc) is 3.02. The number of methoxy groups -OCH3 is 2. The van der Waals surface area contributed by atoms with E-state index in [1.807, 2.05) is 56.3 Å². The van der Waals surface area contributed by atoms with Crippen LogP contribution >= 0.6 is 23.2 Å². The summed E-state index contributed by atoms with van der Waals surface area (Å²) in [6.07, 6.45) is 3.66. The molecule has 4 aromatic rings. The molecule has 1 aliphatic carbocycles. The molecule has 2 aliphatic rings. The van der Waals surface area contributed by atoms with E-state index >= 15 is 0 Å². The Hall–Kier alpha value is -3.24. The minimum atomic E-state index is -0.583. The highest BCUT2D eigenvalue weighted by molar-refractivity contribution is 6.39. The van der Waals surface area contributed by atoms with Gasteiger partial charge in [0.05, 0.1) is 47.4 Å². The van der Waals surface area contributed by atoms with Gasteiger partial charge in [-0.1, -0.05) is 47.5 Å². The van der Waals surface area contributed by atoms with Crippen molar-refractivity contribution in [3.8, 4) is 45.3 Å². The summed E-state index contributed by atoms with van der Waals surface area (Å²) in [7, 11) is 3.29. The molecule has 1 fully saturated rings. The van der Waals surface area contributed by atoms with Crippen LogP contribution in [0.1, 0.15) is 43.4 Å². The number of nitrogens with one attached hydrogen (secondary N) is 1. The first-order valence-corrected chi connectivity index (χ1v) is 16.4. The Morgan fingerprint density at radius 1 is 1.04 bits per heavy atom. The van der Waals surface area contributed by atoms with Crippen LogP contribution in [0.5, 0.6) is 11.6 Å². The molecule has 0 saturated heterocycles. The fourth-order valence-corrected chi connectivity index (χ4v) is 7.30. The monoisotopic (exact) mass is 662 g/mol. The maximum Gasteiger partial charge on any atom is 0.218 e. The van der Waals surface area contributed by atoms with Crippen LogP contribution in [-0.4, -0.2) is 70.1 Å². The van der Waals surface area contributed by atoms with E-state index in [-0.39, 0.29) is 12.1 Å². The number of hydrogen-bond acceptors (Lipinski definition) is 8. The van der Waals surface area contributed by atoms with Crippen molar-refractivity contribution in [2.75, 3.05) is 27.3 Å². The second-order valence-electron chi connectivity index (χ2n) is 12.7. The third-order valence-corrected chi connectivity index (χ3v) is 9.73. The number of aliphatic hydroxyl groups is 2. The standard InChI is InChI=1S/C36H40Cl2N4O4/c1-21(43)19-42-13-11-22-14-24(15-31(45-3)29(22)20-42)34-33(38)27(10-12-39-34)26-6-5-7-28(32(26)37)30-9-8-23(35(41-30)46-4)18-40-25-16-36(2,44)17-25/h5-10,12,14-15,21,25,40,43-44H,11,13,16-20H2,1-4H3/t21-,25-,36+/m0/s1. The number of hydrogen-bond donors (Lipinski definition) is 3. The Bertz CT molecular complexity index is 1720. The van der Waals surface area contributed by atoms with Gasteiger partial charge in [0.2, 0.25) is 5.88 Å². The van der Waals surface area contributed by atoms with Crippen LogP contribution in [0.4, 0.5) is 0 Å². The average molecular weight is 664 g/mol. The highest BCUT2D eigenvalue weighted by atomic mass is 35.5. The summed E-state index contributed by atoms with van der Waals surface area (Å²) >= 11 is 14.2. The second-order valence-corrected chi connectivity index (χ2v) is 13.4. The van der Waals surface area contributed by atoms with Gasteiger partial charge in [0.25, 0.3) is 0 Å². The Labute approximate surface area is 280 Å². The third kappa shape index (κ3) is 6.74. The van der Waals surface area contributed by atoms with Gasteiger partial charge >= 0.3 is 0 Å². The van der Waals surface area contributed by atoms with Gasteiger partial charge in [-0.2, -0.15) is 0 Å². The van der Waals surface area contributed by atoms with Gasteiger partial charge in [0, 0.05) is 71.8 Å². The molecule has 6 rings (SSSR count). The molecule has 0 radical (unpaired) electrons. The van der Waals surface area contributed by atoms with E-state index in [0.717, 1.165) is 64.9 Å². The number of benzene rings is 2. The van der Waals surface area contributed by atoms with Gasteiger partial charge < -0.3 is 25.0 Å². The summed E-state index contributed by atoms with van der Waals surface area (Å²) in [6.45, 7) is 6.45. The van der Waals surface area contributed by atoms with Crippen molar-refractivity contribution in [2.24, 2.45) is 0 Å². The minimum Gasteiger partial charge on any atom is -0.496 e. The first kappa shape index (κ1) is 32.7. The Balaban J connectivity index is 1.29. The maximum absolute atomic E-state index is 10.0. The molecule has 0 bridgehead atoms. The van der Waals surface area contributed by atoms with Crippen LogP contribution in [0.3, 0.4) is 0 Å². The fraction of sp³-hybridized carbons (Fsp3) is 0.389. The maximum atomic E-state index is 10.0. The van der Waals surface area contributed by atoms with Crippen molar-refractivity contribution < 1.29 is 19.7 Å². The van der Waals surface area contributed by atoms with E-state index in [9.17, 15) is 10.2 Å². The van der Waals surface area contributed by atoms with Gasteiger partial charge in [-0.25, -0.2) is 4.98 Å². The smallest absolute Gasteiger partial charge is 0.218 e. The van der Waals surface area contributed by atoms with E-state index in [2.05, 4.69) is 21.3 Å². The fourth-order valence-electron chi connectivity index (χ4n) is 6.66. The largest absolute Gasteiger partial charge is 0.496 e. The summed E-state index contributed by atoms with van der Waals surface area (Å²) < 4.78 is 11.5. The molecule has 3 heterocycles. The molecule has 2 aromatic heterocycles. The van der Waals surface area contributed by atoms with Crippen molar-refractivity contribution in [1.82, 2.24) is 20.2 Å². The molecular formula is C36H40Cl2N4O4. The van der Waals surface area contributed by atoms with Gasteiger partial charge in [-0.3, -0.25) is 9.88 Å². The van der Waals surface area contributed by atoms with Gasteiger partial charge in [0.1, 0.15) is 5.75 Å². The topological polar surface area (TPSA) is 100.0 Å². The molecule has 3 N–H and O–H groups in total. The van der Waals surface area contributed by atoms with E-state index in [4.69, 9.17) is 37.7 Å². The van der Waals surface area contributed by atoms with Crippen LogP contribution in [0.2, 0.25) is 10.0 Å². The molecule has 8 nitrogen and oxygen atoms in total. The molecule has 0 spiro atoms.